The maximum atomic E-state index is 13.4. The van der Waals surface area contributed by atoms with Crippen molar-refractivity contribution in [2.75, 3.05) is 0 Å². The molecule has 0 unspecified atom stereocenters. The lowest BCUT2D eigenvalue weighted by atomic mass is 10.1. The summed E-state index contributed by atoms with van der Waals surface area (Å²) in [6, 6.07) is 27.4. The quantitative estimate of drug-likeness (QED) is 0.238. The molecule has 0 aliphatic rings. The molecule has 172 valence electrons. The standard InChI is InChI=1S/C28H15BrN4O3/c29-20-9-11-25-19(13-20)14-26(36-25)27-32-23-4-2-1-3-22(23)28(34)33(27)31-16-21-10-12-24(35-21)18-7-5-17(15-30)6-8-18/h1-14,16H. The number of fused-ring (bicyclic) bond motifs is 2. The minimum absolute atomic E-state index is 0.279. The second-order valence-electron chi connectivity index (χ2n) is 8.00. The number of furan rings is 2. The first-order chi connectivity index (χ1) is 17.6. The molecule has 0 bridgehead atoms. The average molecular weight is 535 g/mol. The first kappa shape index (κ1) is 21.8. The molecule has 0 amide bonds. The average Bonchev–Trinajstić information content (AvgIpc) is 3.55. The minimum atomic E-state index is -0.327. The first-order valence-electron chi connectivity index (χ1n) is 10.9. The number of rotatable bonds is 4. The lowest BCUT2D eigenvalue weighted by Crippen LogP contribution is -2.20. The Hall–Kier alpha value is -4.74. The predicted octanol–water partition coefficient (Wildman–Crippen LogP) is 6.59. The highest BCUT2D eigenvalue weighted by molar-refractivity contribution is 9.10. The highest BCUT2D eigenvalue weighted by Gasteiger charge is 2.17. The van der Waals surface area contributed by atoms with Gasteiger partial charge in [0.1, 0.15) is 17.1 Å². The Kier molecular flexibility index (Phi) is 5.32. The molecule has 6 aromatic rings. The van der Waals surface area contributed by atoms with E-state index < -0.39 is 0 Å². The molecule has 0 fully saturated rings. The summed E-state index contributed by atoms with van der Waals surface area (Å²) in [5.41, 5.74) is 2.29. The highest BCUT2D eigenvalue weighted by Crippen LogP contribution is 2.29. The number of para-hydroxylation sites is 1. The van der Waals surface area contributed by atoms with Crippen molar-refractivity contribution in [1.29, 1.82) is 5.26 Å². The van der Waals surface area contributed by atoms with E-state index in [0.29, 0.717) is 39.3 Å². The van der Waals surface area contributed by atoms with Crippen LogP contribution in [0.2, 0.25) is 0 Å². The van der Waals surface area contributed by atoms with E-state index in [2.05, 4.69) is 27.1 Å². The van der Waals surface area contributed by atoms with Gasteiger partial charge < -0.3 is 8.83 Å². The second-order valence-corrected chi connectivity index (χ2v) is 8.91. The molecule has 6 rings (SSSR count). The zero-order valence-electron chi connectivity index (χ0n) is 18.6. The SMILES string of the molecule is N#Cc1ccc(-c2ccc(C=Nn3c(-c4cc5cc(Br)ccc5o4)nc4ccccc4c3=O)o2)cc1. The number of hydrogen-bond donors (Lipinski definition) is 0. The van der Waals surface area contributed by atoms with E-state index in [4.69, 9.17) is 19.1 Å². The summed E-state index contributed by atoms with van der Waals surface area (Å²) < 4.78 is 14.1. The molecule has 0 spiro atoms. The van der Waals surface area contributed by atoms with Crippen molar-refractivity contribution in [3.63, 3.8) is 0 Å². The van der Waals surface area contributed by atoms with Crippen LogP contribution < -0.4 is 5.56 Å². The summed E-state index contributed by atoms with van der Waals surface area (Å²) >= 11 is 3.47. The van der Waals surface area contributed by atoms with E-state index in [1.54, 1.807) is 36.4 Å². The van der Waals surface area contributed by atoms with Crippen LogP contribution in [0, 0.1) is 11.3 Å². The van der Waals surface area contributed by atoms with Crippen molar-refractivity contribution >= 4 is 44.0 Å². The monoisotopic (exact) mass is 534 g/mol. The van der Waals surface area contributed by atoms with Crippen LogP contribution in [0.5, 0.6) is 0 Å². The molecule has 0 radical (unpaired) electrons. The number of nitrogens with zero attached hydrogens (tertiary/aromatic N) is 4. The van der Waals surface area contributed by atoms with Crippen molar-refractivity contribution in [3.8, 4) is 29.0 Å². The van der Waals surface area contributed by atoms with E-state index >= 15 is 0 Å². The number of nitriles is 1. The van der Waals surface area contributed by atoms with Gasteiger partial charge in [0.05, 0.1) is 28.8 Å². The van der Waals surface area contributed by atoms with Crippen LogP contribution in [0.15, 0.2) is 108 Å². The van der Waals surface area contributed by atoms with E-state index in [1.807, 2.05) is 48.5 Å². The number of hydrogen-bond acceptors (Lipinski definition) is 6. The molecule has 0 saturated heterocycles. The van der Waals surface area contributed by atoms with Crippen molar-refractivity contribution < 1.29 is 8.83 Å². The summed E-state index contributed by atoms with van der Waals surface area (Å²) in [5, 5.41) is 14.7. The summed E-state index contributed by atoms with van der Waals surface area (Å²) in [5.74, 6) is 1.77. The fourth-order valence-corrected chi connectivity index (χ4v) is 4.29. The lowest BCUT2D eigenvalue weighted by molar-refractivity contribution is 0.573. The lowest BCUT2D eigenvalue weighted by Gasteiger charge is -2.06. The highest BCUT2D eigenvalue weighted by atomic mass is 79.9. The molecule has 0 aliphatic heterocycles. The molecule has 7 nitrogen and oxygen atoms in total. The van der Waals surface area contributed by atoms with E-state index in [1.165, 1.54) is 10.9 Å². The third-order valence-corrected chi connectivity index (χ3v) is 6.17. The predicted molar refractivity (Wildman–Crippen MR) is 141 cm³/mol. The van der Waals surface area contributed by atoms with Gasteiger partial charge in [0, 0.05) is 15.4 Å². The number of aromatic nitrogens is 2. The van der Waals surface area contributed by atoms with Crippen LogP contribution in [0.3, 0.4) is 0 Å². The normalized spacial score (nSPS) is 11.4. The maximum absolute atomic E-state index is 13.4. The summed E-state index contributed by atoms with van der Waals surface area (Å²) in [4.78, 5) is 18.1. The largest absolute Gasteiger partial charge is 0.455 e. The van der Waals surface area contributed by atoms with Gasteiger partial charge in [-0.1, -0.05) is 28.1 Å². The Balaban J connectivity index is 1.45. The zero-order chi connectivity index (χ0) is 24.6. The zero-order valence-corrected chi connectivity index (χ0v) is 20.1. The molecule has 8 heteroatoms. The van der Waals surface area contributed by atoms with Crippen LogP contribution in [-0.2, 0) is 0 Å². The van der Waals surface area contributed by atoms with Gasteiger partial charge in [0.15, 0.2) is 5.76 Å². The van der Waals surface area contributed by atoms with Crippen LogP contribution >= 0.6 is 15.9 Å². The van der Waals surface area contributed by atoms with Gasteiger partial charge in [-0.3, -0.25) is 4.79 Å². The molecular weight excluding hydrogens is 520 g/mol. The smallest absolute Gasteiger partial charge is 0.282 e. The summed E-state index contributed by atoms with van der Waals surface area (Å²) in [6.07, 6.45) is 1.47. The van der Waals surface area contributed by atoms with Crippen LogP contribution in [0.1, 0.15) is 11.3 Å². The molecule has 3 heterocycles. The van der Waals surface area contributed by atoms with Crippen LogP contribution in [-0.4, -0.2) is 15.9 Å². The molecule has 3 aromatic heterocycles. The van der Waals surface area contributed by atoms with Gasteiger partial charge in [-0.25, -0.2) is 4.98 Å². The minimum Gasteiger partial charge on any atom is -0.455 e. The van der Waals surface area contributed by atoms with Crippen molar-refractivity contribution in [2.24, 2.45) is 5.10 Å². The molecule has 0 saturated carbocycles. The topological polar surface area (TPSA) is 97.3 Å². The van der Waals surface area contributed by atoms with E-state index in [9.17, 15) is 4.79 Å². The molecule has 3 aromatic carbocycles. The molecule has 0 N–H and O–H groups in total. The Morgan fingerprint density at radius 1 is 0.944 bits per heavy atom. The third-order valence-electron chi connectivity index (χ3n) is 5.68. The summed E-state index contributed by atoms with van der Waals surface area (Å²) in [7, 11) is 0. The Bertz CT molecular complexity index is 1890. The second kappa shape index (κ2) is 8.80. The van der Waals surface area contributed by atoms with E-state index in [0.717, 1.165) is 15.4 Å². The van der Waals surface area contributed by atoms with Gasteiger partial charge in [-0.15, -0.1) is 0 Å². The van der Waals surface area contributed by atoms with Crippen molar-refractivity contribution in [3.05, 3.63) is 111 Å². The molecular formula is C28H15BrN4O3. The molecule has 36 heavy (non-hydrogen) atoms. The molecule has 0 aliphatic carbocycles. The van der Waals surface area contributed by atoms with E-state index in [-0.39, 0.29) is 11.4 Å². The van der Waals surface area contributed by atoms with Gasteiger partial charge in [0.2, 0.25) is 5.82 Å². The molecule has 0 atom stereocenters. The van der Waals surface area contributed by atoms with Gasteiger partial charge >= 0.3 is 0 Å². The van der Waals surface area contributed by atoms with Crippen molar-refractivity contribution in [2.45, 2.75) is 0 Å². The fraction of sp³-hybridized carbons (Fsp3) is 0. The van der Waals surface area contributed by atoms with Gasteiger partial charge in [-0.05, 0) is 72.8 Å². The van der Waals surface area contributed by atoms with Crippen LogP contribution in [0.4, 0.5) is 0 Å². The van der Waals surface area contributed by atoms with Gasteiger partial charge in [0.25, 0.3) is 5.56 Å². The Morgan fingerprint density at radius 3 is 2.61 bits per heavy atom. The van der Waals surface area contributed by atoms with Crippen LogP contribution in [0.25, 0.3) is 44.8 Å². The first-order valence-corrected chi connectivity index (χ1v) is 11.7. The van der Waals surface area contributed by atoms with Crippen molar-refractivity contribution in [1.82, 2.24) is 9.66 Å². The maximum Gasteiger partial charge on any atom is 0.282 e. The Labute approximate surface area is 212 Å². The Morgan fingerprint density at radius 2 is 1.78 bits per heavy atom. The third kappa shape index (κ3) is 3.91. The number of benzene rings is 3. The number of halogens is 1. The fourth-order valence-electron chi connectivity index (χ4n) is 3.92. The summed E-state index contributed by atoms with van der Waals surface area (Å²) in [6.45, 7) is 0. The van der Waals surface area contributed by atoms with Gasteiger partial charge in [-0.2, -0.15) is 15.0 Å².